The molecule has 156 valence electrons. The number of ether oxygens (including phenoxy) is 1. The van der Waals surface area contributed by atoms with Gasteiger partial charge < -0.3 is 20.7 Å². The van der Waals surface area contributed by atoms with Crippen LogP contribution in [0.15, 0.2) is 54.6 Å². The number of hydrogen-bond donors (Lipinski definition) is 3. The summed E-state index contributed by atoms with van der Waals surface area (Å²) in [5, 5.41) is 9.06. The summed E-state index contributed by atoms with van der Waals surface area (Å²) < 4.78 is 19.1. The topological polar surface area (TPSA) is 88.2 Å². The lowest BCUT2D eigenvalue weighted by Gasteiger charge is -2.15. The molecule has 1 amide bonds. The maximum Gasteiger partial charge on any atom is 0.265 e. The highest BCUT2D eigenvalue weighted by Gasteiger charge is 2.16. The van der Waals surface area contributed by atoms with Crippen LogP contribution in [0.3, 0.4) is 0 Å². The number of amides is 1. The van der Waals surface area contributed by atoms with Gasteiger partial charge in [-0.15, -0.1) is 0 Å². The lowest BCUT2D eigenvalue weighted by molar-refractivity contribution is -0.122. The molecule has 0 bridgehead atoms. The molecule has 7 nitrogen and oxygen atoms in total. The third-order valence-corrected chi connectivity index (χ3v) is 4.12. The first-order valence-corrected chi connectivity index (χ1v) is 9.63. The van der Waals surface area contributed by atoms with Crippen molar-refractivity contribution in [2.45, 2.75) is 26.9 Å². The first-order chi connectivity index (χ1) is 14.4. The molecular formula is C22H24FN5O2. The second-order valence-electron chi connectivity index (χ2n) is 6.63. The smallest absolute Gasteiger partial charge is 0.265 e. The van der Waals surface area contributed by atoms with E-state index in [2.05, 4.69) is 25.9 Å². The Kier molecular flexibility index (Phi) is 6.79. The molecule has 1 atom stereocenters. The van der Waals surface area contributed by atoms with E-state index in [9.17, 15) is 9.18 Å². The average molecular weight is 409 g/mol. The fraction of sp³-hybridized carbons (Fsp3) is 0.227. The first-order valence-electron chi connectivity index (χ1n) is 9.63. The zero-order chi connectivity index (χ0) is 21.5. The molecule has 0 saturated carbocycles. The van der Waals surface area contributed by atoms with Crippen molar-refractivity contribution in [1.29, 1.82) is 0 Å². The summed E-state index contributed by atoms with van der Waals surface area (Å²) in [7, 11) is 0. The van der Waals surface area contributed by atoms with Gasteiger partial charge in [-0.25, -0.2) is 9.37 Å². The molecule has 3 N–H and O–H groups in total. The molecule has 1 heterocycles. The van der Waals surface area contributed by atoms with Gasteiger partial charge in [-0.05, 0) is 57.2 Å². The Morgan fingerprint density at radius 2 is 1.80 bits per heavy atom. The van der Waals surface area contributed by atoms with Crippen LogP contribution < -0.4 is 20.7 Å². The number of carbonyl (C=O) groups is 1. The average Bonchev–Trinajstić information content (AvgIpc) is 2.71. The number of para-hydroxylation sites is 1. The van der Waals surface area contributed by atoms with Crippen LogP contribution in [0.1, 0.15) is 19.5 Å². The van der Waals surface area contributed by atoms with Gasteiger partial charge in [-0.3, -0.25) is 4.79 Å². The maximum atomic E-state index is 13.7. The fourth-order valence-electron chi connectivity index (χ4n) is 2.68. The summed E-state index contributed by atoms with van der Waals surface area (Å²) in [5.74, 6) is 0.386. The summed E-state index contributed by atoms with van der Waals surface area (Å²) in [6, 6.07) is 15.0. The molecule has 2 aromatic carbocycles. The second kappa shape index (κ2) is 9.69. The van der Waals surface area contributed by atoms with E-state index in [0.717, 1.165) is 17.9 Å². The Morgan fingerprint density at radius 3 is 2.50 bits per heavy atom. The van der Waals surface area contributed by atoms with Crippen molar-refractivity contribution in [3.8, 4) is 5.75 Å². The predicted molar refractivity (Wildman–Crippen MR) is 116 cm³/mol. The van der Waals surface area contributed by atoms with Gasteiger partial charge in [0.25, 0.3) is 5.91 Å². The SMILES string of the molecule is CCNc1nc(C)cc(Nc2ccc(NC(=O)C(C)Oc3ccccc3F)cc2)n1. The van der Waals surface area contributed by atoms with Crippen molar-refractivity contribution in [3.05, 3.63) is 66.1 Å². The molecule has 0 aliphatic carbocycles. The minimum absolute atomic E-state index is 0.0387. The minimum Gasteiger partial charge on any atom is -0.478 e. The number of halogens is 1. The zero-order valence-electron chi connectivity index (χ0n) is 17.1. The molecule has 0 aliphatic rings. The summed E-state index contributed by atoms with van der Waals surface area (Å²) in [6.45, 7) is 6.18. The van der Waals surface area contributed by atoms with Crippen molar-refractivity contribution < 1.29 is 13.9 Å². The third-order valence-electron chi connectivity index (χ3n) is 4.12. The van der Waals surface area contributed by atoms with Crippen molar-refractivity contribution >= 4 is 29.0 Å². The van der Waals surface area contributed by atoms with E-state index >= 15 is 0 Å². The predicted octanol–water partition coefficient (Wildman–Crippen LogP) is 4.51. The van der Waals surface area contributed by atoms with Gasteiger partial charge in [-0.1, -0.05) is 12.1 Å². The highest BCUT2D eigenvalue weighted by atomic mass is 19.1. The number of nitrogens with one attached hydrogen (secondary N) is 3. The molecule has 3 aromatic rings. The summed E-state index contributed by atoms with van der Waals surface area (Å²) in [4.78, 5) is 21.1. The number of aromatic nitrogens is 2. The normalized spacial score (nSPS) is 11.5. The molecule has 0 aliphatic heterocycles. The minimum atomic E-state index is -0.854. The maximum absolute atomic E-state index is 13.7. The highest BCUT2D eigenvalue weighted by Crippen LogP contribution is 2.20. The van der Waals surface area contributed by atoms with E-state index in [1.165, 1.54) is 12.1 Å². The molecule has 1 unspecified atom stereocenters. The highest BCUT2D eigenvalue weighted by molar-refractivity contribution is 5.94. The Morgan fingerprint density at radius 1 is 1.10 bits per heavy atom. The van der Waals surface area contributed by atoms with Crippen molar-refractivity contribution in [2.24, 2.45) is 0 Å². The number of carbonyl (C=O) groups excluding carboxylic acids is 1. The van der Waals surface area contributed by atoms with Crippen LogP contribution >= 0.6 is 0 Å². The summed E-state index contributed by atoms with van der Waals surface area (Å²) >= 11 is 0. The van der Waals surface area contributed by atoms with E-state index < -0.39 is 11.9 Å². The number of benzene rings is 2. The number of anilines is 4. The third kappa shape index (κ3) is 5.66. The van der Waals surface area contributed by atoms with Gasteiger partial charge in [0, 0.05) is 29.7 Å². The quantitative estimate of drug-likeness (QED) is 0.508. The molecule has 0 fully saturated rings. The van der Waals surface area contributed by atoms with Crippen LogP contribution in [0.25, 0.3) is 0 Å². The molecule has 30 heavy (non-hydrogen) atoms. The Bertz CT molecular complexity index is 1010. The Balaban J connectivity index is 1.60. The van der Waals surface area contributed by atoms with E-state index in [-0.39, 0.29) is 11.7 Å². The van der Waals surface area contributed by atoms with E-state index in [1.54, 1.807) is 31.2 Å². The van der Waals surface area contributed by atoms with Crippen LogP contribution in [0.2, 0.25) is 0 Å². The zero-order valence-corrected chi connectivity index (χ0v) is 17.1. The Hall–Kier alpha value is -3.68. The van der Waals surface area contributed by atoms with Crippen LogP contribution in [-0.4, -0.2) is 28.5 Å². The molecular weight excluding hydrogens is 385 g/mol. The molecule has 3 rings (SSSR count). The van der Waals surface area contributed by atoms with Crippen molar-refractivity contribution in [1.82, 2.24) is 9.97 Å². The van der Waals surface area contributed by atoms with Gasteiger partial charge >= 0.3 is 0 Å². The number of nitrogens with zero attached hydrogens (tertiary/aromatic N) is 2. The summed E-state index contributed by atoms with van der Waals surface area (Å²) in [5.41, 5.74) is 2.25. The lowest BCUT2D eigenvalue weighted by Crippen LogP contribution is -2.30. The number of hydrogen-bond acceptors (Lipinski definition) is 6. The molecule has 1 aromatic heterocycles. The lowest BCUT2D eigenvalue weighted by atomic mass is 10.2. The van der Waals surface area contributed by atoms with Gasteiger partial charge in [0.2, 0.25) is 5.95 Å². The van der Waals surface area contributed by atoms with Crippen molar-refractivity contribution in [2.75, 3.05) is 22.5 Å². The fourth-order valence-corrected chi connectivity index (χ4v) is 2.68. The second-order valence-corrected chi connectivity index (χ2v) is 6.63. The largest absolute Gasteiger partial charge is 0.478 e. The van der Waals surface area contributed by atoms with Gasteiger partial charge in [-0.2, -0.15) is 4.98 Å². The van der Waals surface area contributed by atoms with Crippen LogP contribution in [0.4, 0.5) is 27.5 Å². The van der Waals surface area contributed by atoms with Gasteiger partial charge in [0.1, 0.15) is 5.82 Å². The molecule has 8 heteroatoms. The number of aryl methyl sites for hydroxylation is 1. The van der Waals surface area contributed by atoms with Crippen LogP contribution in [0.5, 0.6) is 5.75 Å². The van der Waals surface area contributed by atoms with E-state index in [0.29, 0.717) is 17.5 Å². The van der Waals surface area contributed by atoms with Crippen LogP contribution in [0, 0.1) is 12.7 Å². The summed E-state index contributed by atoms with van der Waals surface area (Å²) in [6.07, 6.45) is -0.854. The monoisotopic (exact) mass is 409 g/mol. The molecule has 0 spiro atoms. The van der Waals surface area contributed by atoms with Gasteiger partial charge in [0.15, 0.2) is 17.7 Å². The Labute approximate surface area is 174 Å². The van der Waals surface area contributed by atoms with E-state index in [1.807, 2.05) is 32.0 Å². The standard InChI is InChI=1S/C22H24FN5O2/c1-4-24-22-25-14(2)13-20(28-22)26-16-9-11-17(12-10-16)27-21(29)15(3)30-19-8-6-5-7-18(19)23/h5-13,15H,4H2,1-3H3,(H,27,29)(H2,24,25,26,28). The first kappa shape index (κ1) is 21.0. The van der Waals surface area contributed by atoms with Gasteiger partial charge in [0.05, 0.1) is 0 Å². The van der Waals surface area contributed by atoms with Crippen molar-refractivity contribution in [3.63, 3.8) is 0 Å². The molecule has 0 radical (unpaired) electrons. The van der Waals surface area contributed by atoms with E-state index in [4.69, 9.17) is 4.74 Å². The molecule has 0 saturated heterocycles. The number of rotatable bonds is 8. The van der Waals surface area contributed by atoms with Crippen LogP contribution in [-0.2, 0) is 4.79 Å².